The topological polar surface area (TPSA) is 12.0 Å². The van der Waals surface area contributed by atoms with Crippen molar-refractivity contribution in [1.82, 2.24) is 5.32 Å². The van der Waals surface area contributed by atoms with Crippen molar-refractivity contribution in [2.75, 3.05) is 6.54 Å². The van der Waals surface area contributed by atoms with E-state index >= 15 is 0 Å². The molecule has 0 saturated heterocycles. The van der Waals surface area contributed by atoms with E-state index in [1.807, 2.05) is 11.3 Å². The predicted molar refractivity (Wildman–Crippen MR) is 85.3 cm³/mol. The van der Waals surface area contributed by atoms with E-state index in [0.717, 1.165) is 19.0 Å². The van der Waals surface area contributed by atoms with Crippen LogP contribution in [0, 0.1) is 13.8 Å². The molecule has 19 heavy (non-hydrogen) atoms. The molecule has 1 N–H and O–H groups in total. The quantitative estimate of drug-likeness (QED) is 0.764. The Morgan fingerprint density at radius 2 is 2.05 bits per heavy atom. The molecule has 1 aliphatic rings. The Balaban J connectivity index is 2.05. The van der Waals surface area contributed by atoms with Crippen LogP contribution >= 0.6 is 11.3 Å². The van der Waals surface area contributed by atoms with Gasteiger partial charge in [-0.15, -0.1) is 11.3 Å². The first-order chi connectivity index (χ1) is 9.20. The Hall–Kier alpha value is -0.860. The van der Waals surface area contributed by atoms with Gasteiger partial charge in [0.1, 0.15) is 0 Å². The molecule has 0 atom stereocenters. The van der Waals surface area contributed by atoms with Gasteiger partial charge in [0, 0.05) is 16.1 Å². The summed E-state index contributed by atoms with van der Waals surface area (Å²) >= 11 is 2.02. The monoisotopic (exact) mass is 273 g/mol. The normalized spacial score (nSPS) is 15.3. The molecule has 0 radical (unpaired) electrons. The van der Waals surface area contributed by atoms with Crippen molar-refractivity contribution in [3.63, 3.8) is 0 Å². The summed E-state index contributed by atoms with van der Waals surface area (Å²) in [5, 5.41) is 5.12. The lowest BCUT2D eigenvalue weighted by molar-refractivity contribution is 0.678. The molecule has 1 fully saturated rings. The van der Waals surface area contributed by atoms with Gasteiger partial charge in [0.2, 0.25) is 0 Å². The number of hydrogen-bond acceptors (Lipinski definition) is 2. The molecule has 0 amide bonds. The largest absolute Gasteiger partial charge is 0.312 e. The molecule has 0 spiro atoms. The van der Waals surface area contributed by atoms with Gasteiger partial charge in [-0.3, -0.25) is 0 Å². The second-order valence-electron chi connectivity index (χ2n) is 5.85. The van der Waals surface area contributed by atoms with Crippen molar-refractivity contribution >= 4 is 21.4 Å². The van der Waals surface area contributed by atoms with E-state index in [9.17, 15) is 0 Å². The molecule has 1 nitrogen and oxygen atoms in total. The number of aryl methyl sites for hydroxylation is 2. The van der Waals surface area contributed by atoms with Crippen LogP contribution in [0.4, 0.5) is 0 Å². The van der Waals surface area contributed by atoms with Gasteiger partial charge in [0.25, 0.3) is 0 Å². The third-order valence-corrected chi connectivity index (χ3v) is 5.29. The summed E-state index contributed by atoms with van der Waals surface area (Å²) in [7, 11) is 0. The predicted octanol–water partition coefficient (Wildman–Crippen LogP) is 4.90. The van der Waals surface area contributed by atoms with Crippen LogP contribution in [0.5, 0.6) is 0 Å². The summed E-state index contributed by atoms with van der Waals surface area (Å²) in [4.78, 5) is 1.58. The second-order valence-corrected chi connectivity index (χ2v) is 6.95. The summed E-state index contributed by atoms with van der Waals surface area (Å²) in [6.45, 7) is 8.88. The molecule has 0 aliphatic heterocycles. The fourth-order valence-corrected chi connectivity index (χ4v) is 4.25. The van der Waals surface area contributed by atoms with Crippen LogP contribution in [0.3, 0.4) is 0 Å². The Kier molecular flexibility index (Phi) is 3.64. The van der Waals surface area contributed by atoms with Crippen LogP contribution < -0.4 is 5.32 Å². The van der Waals surface area contributed by atoms with Crippen molar-refractivity contribution in [3.8, 4) is 0 Å². The summed E-state index contributed by atoms with van der Waals surface area (Å²) < 4.78 is 1.51. The third kappa shape index (κ3) is 2.56. The van der Waals surface area contributed by atoms with Crippen LogP contribution in [-0.4, -0.2) is 6.54 Å². The van der Waals surface area contributed by atoms with Gasteiger partial charge in [-0.1, -0.05) is 24.6 Å². The molecule has 0 bridgehead atoms. The highest BCUT2D eigenvalue weighted by atomic mass is 32.1. The van der Waals surface area contributed by atoms with Crippen LogP contribution in [0.2, 0.25) is 0 Å². The lowest BCUT2D eigenvalue weighted by atomic mass is 10.0. The van der Waals surface area contributed by atoms with Crippen LogP contribution in [0.25, 0.3) is 10.1 Å². The van der Waals surface area contributed by atoms with Crippen molar-refractivity contribution < 1.29 is 0 Å². The third-order valence-electron chi connectivity index (χ3n) is 3.93. The first kappa shape index (κ1) is 13.1. The van der Waals surface area contributed by atoms with Gasteiger partial charge in [-0.05, 0) is 62.1 Å². The Morgan fingerprint density at radius 3 is 2.74 bits per heavy atom. The molecule has 2 aromatic rings. The standard InChI is InChI=1S/C17H23NS/c1-4-7-18-10-15-16(13-5-6-13)14-9-11(2)8-12(3)17(14)19-15/h8-9,13,18H,4-7,10H2,1-3H3. The van der Waals surface area contributed by atoms with Crippen molar-refractivity contribution in [3.05, 3.63) is 33.7 Å². The number of fused-ring (bicyclic) bond motifs is 1. The molecule has 1 aliphatic carbocycles. The number of benzene rings is 1. The number of hydrogen-bond donors (Lipinski definition) is 1. The maximum Gasteiger partial charge on any atom is 0.0378 e. The van der Waals surface area contributed by atoms with Gasteiger partial charge in [-0.2, -0.15) is 0 Å². The Bertz CT molecular complexity index is 593. The fourth-order valence-electron chi connectivity index (χ4n) is 2.95. The highest BCUT2D eigenvalue weighted by Crippen LogP contribution is 2.48. The first-order valence-corrected chi connectivity index (χ1v) is 8.25. The van der Waals surface area contributed by atoms with E-state index in [4.69, 9.17) is 0 Å². The van der Waals surface area contributed by atoms with Gasteiger partial charge in [0.15, 0.2) is 0 Å². The average Bonchev–Trinajstić information content (AvgIpc) is 3.12. The number of rotatable bonds is 5. The first-order valence-electron chi connectivity index (χ1n) is 7.44. The molecule has 1 aromatic heterocycles. The minimum atomic E-state index is 0.841. The second kappa shape index (κ2) is 5.26. The van der Waals surface area contributed by atoms with Gasteiger partial charge < -0.3 is 5.32 Å². The van der Waals surface area contributed by atoms with Gasteiger partial charge >= 0.3 is 0 Å². The fraction of sp³-hybridized carbons (Fsp3) is 0.529. The van der Waals surface area contributed by atoms with E-state index in [0.29, 0.717) is 0 Å². The lowest BCUT2D eigenvalue weighted by Crippen LogP contribution is -2.13. The van der Waals surface area contributed by atoms with Crippen molar-refractivity contribution in [1.29, 1.82) is 0 Å². The number of nitrogens with one attached hydrogen (secondary N) is 1. The van der Waals surface area contributed by atoms with E-state index in [-0.39, 0.29) is 0 Å². The van der Waals surface area contributed by atoms with E-state index in [1.165, 1.54) is 35.1 Å². The van der Waals surface area contributed by atoms with Crippen molar-refractivity contribution in [2.45, 2.75) is 52.5 Å². The zero-order chi connectivity index (χ0) is 13.4. The summed E-state index contributed by atoms with van der Waals surface area (Å²) in [5.74, 6) is 0.841. The minimum Gasteiger partial charge on any atom is -0.312 e. The van der Waals surface area contributed by atoms with Crippen LogP contribution in [0.15, 0.2) is 12.1 Å². The van der Waals surface area contributed by atoms with Crippen LogP contribution in [0.1, 0.15) is 53.7 Å². The average molecular weight is 273 g/mol. The highest BCUT2D eigenvalue weighted by molar-refractivity contribution is 7.19. The van der Waals surface area contributed by atoms with Crippen LogP contribution in [-0.2, 0) is 6.54 Å². The molecule has 2 heteroatoms. The highest BCUT2D eigenvalue weighted by Gasteiger charge is 2.29. The molecular weight excluding hydrogens is 250 g/mol. The minimum absolute atomic E-state index is 0.841. The Labute approximate surface area is 120 Å². The summed E-state index contributed by atoms with van der Waals surface area (Å²) in [6.07, 6.45) is 3.99. The molecule has 1 heterocycles. The summed E-state index contributed by atoms with van der Waals surface area (Å²) in [6, 6.07) is 4.72. The maximum absolute atomic E-state index is 3.58. The molecule has 1 saturated carbocycles. The smallest absolute Gasteiger partial charge is 0.0378 e. The number of thiophene rings is 1. The molecule has 0 unspecified atom stereocenters. The molecule has 1 aromatic carbocycles. The SMILES string of the molecule is CCCNCc1sc2c(C)cc(C)cc2c1C1CC1. The van der Waals surface area contributed by atoms with Gasteiger partial charge in [0.05, 0.1) is 0 Å². The van der Waals surface area contributed by atoms with E-state index in [1.54, 1.807) is 15.8 Å². The van der Waals surface area contributed by atoms with E-state index in [2.05, 4.69) is 38.2 Å². The summed E-state index contributed by atoms with van der Waals surface area (Å²) in [5.41, 5.74) is 4.51. The lowest BCUT2D eigenvalue weighted by Gasteiger charge is -2.05. The van der Waals surface area contributed by atoms with Gasteiger partial charge in [-0.25, -0.2) is 0 Å². The Morgan fingerprint density at radius 1 is 1.26 bits per heavy atom. The molecule has 3 rings (SSSR count). The van der Waals surface area contributed by atoms with Crippen molar-refractivity contribution in [2.24, 2.45) is 0 Å². The molecular formula is C17H23NS. The maximum atomic E-state index is 3.58. The zero-order valence-electron chi connectivity index (χ0n) is 12.2. The zero-order valence-corrected chi connectivity index (χ0v) is 13.0. The van der Waals surface area contributed by atoms with E-state index < -0.39 is 0 Å². The molecule has 102 valence electrons.